The smallest absolute Gasteiger partial charge is 0.152 e. The molecule has 0 saturated heterocycles. The van der Waals surface area contributed by atoms with E-state index in [0.29, 0.717) is 24.5 Å². The van der Waals surface area contributed by atoms with Crippen molar-refractivity contribution in [3.05, 3.63) is 18.2 Å². The van der Waals surface area contributed by atoms with E-state index in [0.717, 1.165) is 5.69 Å². The number of anilines is 1. The Morgan fingerprint density at radius 2 is 1.63 bits per heavy atom. The van der Waals surface area contributed by atoms with E-state index in [-0.39, 0.29) is 11.5 Å². The first-order valence-corrected chi connectivity index (χ1v) is 8.00. The van der Waals surface area contributed by atoms with E-state index < -0.39 is 9.84 Å². The molecule has 0 amide bonds. The second-order valence-corrected chi connectivity index (χ2v) is 6.48. The van der Waals surface area contributed by atoms with Gasteiger partial charge in [-0.1, -0.05) is 6.92 Å². The van der Waals surface area contributed by atoms with Crippen molar-refractivity contribution in [2.45, 2.75) is 13.3 Å². The van der Waals surface area contributed by atoms with Gasteiger partial charge in [-0.25, -0.2) is 8.42 Å². The Kier molecular flexibility index (Phi) is 5.95. The third-order valence-electron chi connectivity index (χ3n) is 2.61. The van der Waals surface area contributed by atoms with Crippen molar-refractivity contribution in [2.24, 2.45) is 0 Å². The number of benzene rings is 1. The summed E-state index contributed by atoms with van der Waals surface area (Å²) >= 11 is 0. The summed E-state index contributed by atoms with van der Waals surface area (Å²) in [5.41, 5.74) is 0.780. The molecule has 0 atom stereocenters. The van der Waals surface area contributed by atoms with Gasteiger partial charge in [0.2, 0.25) is 0 Å². The van der Waals surface area contributed by atoms with E-state index >= 15 is 0 Å². The van der Waals surface area contributed by atoms with Gasteiger partial charge >= 0.3 is 0 Å². The van der Waals surface area contributed by atoms with Crippen LogP contribution in [-0.2, 0) is 9.84 Å². The lowest BCUT2D eigenvalue weighted by Crippen LogP contribution is -2.18. The van der Waals surface area contributed by atoms with Crippen molar-refractivity contribution in [1.82, 2.24) is 0 Å². The maximum absolute atomic E-state index is 11.6. The Morgan fingerprint density at radius 1 is 1.05 bits per heavy atom. The summed E-state index contributed by atoms with van der Waals surface area (Å²) in [4.78, 5) is 0. The fourth-order valence-corrected chi connectivity index (χ4v) is 2.91. The average molecular weight is 287 g/mol. The number of ether oxygens (including phenoxy) is 2. The standard InChI is InChI=1S/C13H21NO4S/c1-4-6-19(15,16)7-5-14-11-8-12(17-2)10-13(9-11)18-3/h8-10,14H,4-7H2,1-3H3. The van der Waals surface area contributed by atoms with Crippen LogP contribution in [0.3, 0.4) is 0 Å². The normalized spacial score (nSPS) is 11.1. The molecule has 0 bridgehead atoms. The zero-order valence-corrected chi connectivity index (χ0v) is 12.4. The van der Waals surface area contributed by atoms with E-state index in [9.17, 15) is 8.42 Å². The minimum absolute atomic E-state index is 0.125. The maximum Gasteiger partial charge on any atom is 0.152 e. The molecule has 0 radical (unpaired) electrons. The molecule has 19 heavy (non-hydrogen) atoms. The molecule has 0 saturated carbocycles. The van der Waals surface area contributed by atoms with Crippen LogP contribution in [-0.4, -0.2) is 40.7 Å². The quantitative estimate of drug-likeness (QED) is 0.791. The predicted molar refractivity (Wildman–Crippen MR) is 77.0 cm³/mol. The molecule has 0 heterocycles. The Balaban J connectivity index is 2.62. The third kappa shape index (κ3) is 5.38. The molecule has 108 valence electrons. The zero-order valence-electron chi connectivity index (χ0n) is 11.6. The molecule has 1 N–H and O–H groups in total. The lowest BCUT2D eigenvalue weighted by atomic mass is 10.3. The molecule has 1 aromatic carbocycles. The van der Waals surface area contributed by atoms with Gasteiger partial charge in [-0.3, -0.25) is 0 Å². The Morgan fingerprint density at radius 3 is 2.11 bits per heavy atom. The second kappa shape index (κ2) is 7.23. The van der Waals surface area contributed by atoms with Gasteiger partial charge < -0.3 is 14.8 Å². The van der Waals surface area contributed by atoms with Gasteiger partial charge in [-0.2, -0.15) is 0 Å². The number of sulfone groups is 1. The monoisotopic (exact) mass is 287 g/mol. The van der Waals surface area contributed by atoms with Crippen molar-refractivity contribution in [2.75, 3.05) is 37.6 Å². The van der Waals surface area contributed by atoms with Gasteiger partial charge in [0.05, 0.1) is 20.0 Å². The van der Waals surface area contributed by atoms with Crippen LogP contribution >= 0.6 is 0 Å². The van der Waals surface area contributed by atoms with Crippen LogP contribution in [0.4, 0.5) is 5.69 Å². The summed E-state index contributed by atoms with van der Waals surface area (Å²) in [5, 5.41) is 3.07. The highest BCUT2D eigenvalue weighted by molar-refractivity contribution is 7.91. The van der Waals surface area contributed by atoms with Gasteiger partial charge in [-0.05, 0) is 6.42 Å². The number of methoxy groups -OCH3 is 2. The van der Waals surface area contributed by atoms with Crippen molar-refractivity contribution < 1.29 is 17.9 Å². The molecule has 0 aromatic heterocycles. The van der Waals surface area contributed by atoms with Crippen LogP contribution in [0.15, 0.2) is 18.2 Å². The number of hydrogen-bond donors (Lipinski definition) is 1. The van der Waals surface area contributed by atoms with Gasteiger partial charge in [0, 0.05) is 36.2 Å². The first-order chi connectivity index (χ1) is 9.00. The number of hydrogen-bond acceptors (Lipinski definition) is 5. The summed E-state index contributed by atoms with van der Waals surface area (Å²) < 4.78 is 33.4. The van der Waals surface area contributed by atoms with E-state index in [1.54, 1.807) is 32.4 Å². The van der Waals surface area contributed by atoms with Crippen LogP contribution in [0.1, 0.15) is 13.3 Å². The summed E-state index contributed by atoms with van der Waals surface area (Å²) in [7, 11) is 0.189. The lowest BCUT2D eigenvalue weighted by molar-refractivity contribution is 0.394. The van der Waals surface area contributed by atoms with E-state index in [2.05, 4.69) is 5.32 Å². The Labute approximate surface area is 114 Å². The first kappa shape index (κ1) is 15.6. The highest BCUT2D eigenvalue weighted by Gasteiger charge is 2.09. The van der Waals surface area contributed by atoms with Gasteiger partial charge in [-0.15, -0.1) is 0 Å². The molecule has 0 aliphatic heterocycles. The van der Waals surface area contributed by atoms with Gasteiger partial charge in [0.15, 0.2) is 9.84 Å². The highest BCUT2D eigenvalue weighted by atomic mass is 32.2. The SMILES string of the molecule is CCCS(=O)(=O)CCNc1cc(OC)cc(OC)c1. The molecule has 5 nitrogen and oxygen atoms in total. The summed E-state index contributed by atoms with van der Waals surface area (Å²) in [6, 6.07) is 5.36. The lowest BCUT2D eigenvalue weighted by Gasteiger charge is -2.10. The van der Waals surface area contributed by atoms with Crippen molar-refractivity contribution in [3.8, 4) is 11.5 Å². The minimum atomic E-state index is -2.96. The molecule has 0 aliphatic rings. The molecular weight excluding hydrogens is 266 g/mol. The van der Waals surface area contributed by atoms with Crippen LogP contribution in [0.5, 0.6) is 11.5 Å². The third-order valence-corrected chi connectivity index (χ3v) is 4.47. The molecule has 0 spiro atoms. The van der Waals surface area contributed by atoms with Gasteiger partial charge in [0.1, 0.15) is 11.5 Å². The second-order valence-electron chi connectivity index (χ2n) is 4.18. The van der Waals surface area contributed by atoms with Crippen LogP contribution < -0.4 is 14.8 Å². The predicted octanol–water partition coefficient (Wildman–Crippen LogP) is 1.94. The van der Waals surface area contributed by atoms with Gasteiger partial charge in [0.25, 0.3) is 0 Å². The highest BCUT2D eigenvalue weighted by Crippen LogP contribution is 2.25. The van der Waals surface area contributed by atoms with Crippen molar-refractivity contribution >= 4 is 15.5 Å². The zero-order chi connectivity index (χ0) is 14.3. The number of nitrogens with one attached hydrogen (secondary N) is 1. The Bertz CT molecular complexity index is 477. The largest absolute Gasteiger partial charge is 0.497 e. The first-order valence-electron chi connectivity index (χ1n) is 6.18. The van der Waals surface area contributed by atoms with E-state index in [1.165, 1.54) is 0 Å². The topological polar surface area (TPSA) is 64.6 Å². The summed E-state index contributed by atoms with van der Waals surface area (Å²) in [6.45, 7) is 2.23. The van der Waals surface area contributed by atoms with Crippen LogP contribution in [0.25, 0.3) is 0 Å². The molecular formula is C13H21NO4S. The fraction of sp³-hybridized carbons (Fsp3) is 0.538. The Hall–Kier alpha value is -1.43. The maximum atomic E-state index is 11.6. The van der Waals surface area contributed by atoms with E-state index in [1.807, 2.05) is 6.92 Å². The summed E-state index contributed by atoms with van der Waals surface area (Å²) in [6.07, 6.45) is 0.648. The van der Waals surface area contributed by atoms with Crippen molar-refractivity contribution in [1.29, 1.82) is 0 Å². The van der Waals surface area contributed by atoms with Crippen molar-refractivity contribution in [3.63, 3.8) is 0 Å². The number of rotatable bonds is 8. The molecule has 0 fully saturated rings. The minimum Gasteiger partial charge on any atom is -0.497 e. The average Bonchev–Trinajstić information content (AvgIpc) is 2.37. The molecule has 6 heteroatoms. The molecule has 1 rings (SSSR count). The molecule has 0 unspecified atom stereocenters. The fourth-order valence-electron chi connectivity index (χ4n) is 1.67. The summed E-state index contributed by atoms with van der Waals surface area (Å²) in [5.74, 6) is 1.69. The molecule has 0 aliphatic carbocycles. The van der Waals surface area contributed by atoms with E-state index in [4.69, 9.17) is 9.47 Å². The van der Waals surface area contributed by atoms with Crippen LogP contribution in [0, 0.1) is 0 Å². The molecule has 1 aromatic rings. The van der Waals surface area contributed by atoms with Crippen LogP contribution in [0.2, 0.25) is 0 Å².